The largest absolute Gasteiger partial charge is 0.335 e. The molecule has 1 aromatic carbocycles. The van der Waals surface area contributed by atoms with Crippen molar-refractivity contribution in [3.63, 3.8) is 0 Å². The van der Waals surface area contributed by atoms with Crippen molar-refractivity contribution in [2.45, 2.75) is 63.0 Å². The standard InChI is InChI=1S/C19H25FN4OS/c1-3-24-17(13-23-12-6-4-5-7-18(23)25)21-22-19(24)26-14(2)15-8-10-16(20)11-9-15/h8-11,14H,3-7,12-13H2,1-2H3/t14-/m1/s1. The van der Waals surface area contributed by atoms with Crippen molar-refractivity contribution in [2.24, 2.45) is 0 Å². The van der Waals surface area contributed by atoms with Gasteiger partial charge in [-0.05, 0) is 44.4 Å². The molecule has 140 valence electrons. The molecule has 0 spiro atoms. The molecule has 26 heavy (non-hydrogen) atoms. The molecule has 0 radical (unpaired) electrons. The fourth-order valence-corrected chi connectivity index (χ4v) is 4.24. The average molecular weight is 377 g/mol. The lowest BCUT2D eigenvalue weighted by Crippen LogP contribution is -2.31. The summed E-state index contributed by atoms with van der Waals surface area (Å²) in [6.45, 7) is 6.20. The number of benzene rings is 1. The number of nitrogens with zero attached hydrogens (tertiary/aromatic N) is 4. The zero-order chi connectivity index (χ0) is 18.5. The molecule has 7 heteroatoms. The Morgan fingerprint density at radius 3 is 2.69 bits per heavy atom. The second-order valence-corrected chi connectivity index (χ2v) is 7.89. The van der Waals surface area contributed by atoms with Crippen molar-refractivity contribution in [1.82, 2.24) is 19.7 Å². The van der Waals surface area contributed by atoms with E-state index in [0.29, 0.717) is 13.0 Å². The summed E-state index contributed by atoms with van der Waals surface area (Å²) in [6.07, 6.45) is 3.77. The molecule has 1 fully saturated rings. The van der Waals surface area contributed by atoms with Crippen LogP contribution in [0.2, 0.25) is 0 Å². The van der Waals surface area contributed by atoms with Gasteiger partial charge in [0.05, 0.1) is 6.54 Å². The molecule has 1 atom stereocenters. The Balaban J connectivity index is 1.73. The third-order valence-electron chi connectivity index (χ3n) is 4.73. The van der Waals surface area contributed by atoms with Crippen molar-refractivity contribution in [1.29, 1.82) is 0 Å². The van der Waals surface area contributed by atoms with Crippen LogP contribution in [-0.4, -0.2) is 32.1 Å². The molecule has 0 unspecified atom stereocenters. The third-order valence-corrected chi connectivity index (χ3v) is 5.87. The quantitative estimate of drug-likeness (QED) is 0.709. The van der Waals surface area contributed by atoms with Crippen LogP contribution >= 0.6 is 11.8 Å². The lowest BCUT2D eigenvalue weighted by Gasteiger charge is -2.20. The highest BCUT2D eigenvalue weighted by Crippen LogP contribution is 2.34. The van der Waals surface area contributed by atoms with Crippen LogP contribution in [0.1, 0.15) is 56.2 Å². The molecule has 1 amide bonds. The summed E-state index contributed by atoms with van der Waals surface area (Å²) < 4.78 is 15.2. The van der Waals surface area contributed by atoms with E-state index in [4.69, 9.17) is 0 Å². The highest BCUT2D eigenvalue weighted by Gasteiger charge is 2.21. The normalized spacial score (nSPS) is 16.6. The molecule has 1 aromatic heterocycles. The monoisotopic (exact) mass is 376 g/mol. The van der Waals surface area contributed by atoms with Crippen LogP contribution in [0.3, 0.4) is 0 Å². The number of hydrogen-bond acceptors (Lipinski definition) is 4. The highest BCUT2D eigenvalue weighted by molar-refractivity contribution is 7.99. The first-order valence-electron chi connectivity index (χ1n) is 9.20. The first kappa shape index (κ1) is 18.9. The van der Waals surface area contributed by atoms with Crippen LogP contribution in [0.25, 0.3) is 0 Å². The lowest BCUT2D eigenvalue weighted by molar-refractivity contribution is -0.131. The van der Waals surface area contributed by atoms with E-state index in [9.17, 15) is 9.18 Å². The molecule has 0 aliphatic carbocycles. The summed E-state index contributed by atoms with van der Waals surface area (Å²) in [7, 11) is 0. The predicted octanol–water partition coefficient (Wildman–Crippen LogP) is 4.19. The number of hydrogen-bond donors (Lipinski definition) is 0. The Hall–Kier alpha value is -1.89. The molecule has 0 bridgehead atoms. The number of thioether (sulfide) groups is 1. The Morgan fingerprint density at radius 1 is 1.19 bits per heavy atom. The number of amides is 1. The minimum absolute atomic E-state index is 0.137. The average Bonchev–Trinajstić information content (AvgIpc) is 2.89. The van der Waals surface area contributed by atoms with Crippen molar-refractivity contribution >= 4 is 17.7 Å². The van der Waals surface area contributed by atoms with Gasteiger partial charge in [0.15, 0.2) is 11.0 Å². The second-order valence-electron chi connectivity index (χ2n) is 6.58. The number of rotatable bonds is 6. The van der Waals surface area contributed by atoms with Crippen LogP contribution in [0.15, 0.2) is 29.4 Å². The zero-order valence-electron chi connectivity index (χ0n) is 15.3. The molecule has 2 aromatic rings. The van der Waals surface area contributed by atoms with E-state index in [1.165, 1.54) is 12.1 Å². The molecule has 3 rings (SSSR count). The Labute approximate surface area is 158 Å². The fraction of sp³-hybridized carbons (Fsp3) is 0.526. The van der Waals surface area contributed by atoms with Gasteiger partial charge in [-0.15, -0.1) is 10.2 Å². The van der Waals surface area contributed by atoms with Crippen molar-refractivity contribution in [3.8, 4) is 0 Å². The molecule has 0 N–H and O–H groups in total. The van der Waals surface area contributed by atoms with Gasteiger partial charge in [-0.2, -0.15) is 0 Å². The molecule has 1 saturated heterocycles. The van der Waals surface area contributed by atoms with Crippen molar-refractivity contribution in [2.75, 3.05) is 6.54 Å². The van der Waals surface area contributed by atoms with E-state index in [1.54, 1.807) is 23.9 Å². The van der Waals surface area contributed by atoms with E-state index in [-0.39, 0.29) is 17.0 Å². The number of likely N-dealkylation sites (tertiary alicyclic amines) is 1. The van der Waals surface area contributed by atoms with Gasteiger partial charge in [0, 0.05) is 24.8 Å². The lowest BCUT2D eigenvalue weighted by atomic mass is 10.2. The highest BCUT2D eigenvalue weighted by atomic mass is 32.2. The first-order chi connectivity index (χ1) is 12.6. The molecule has 0 saturated carbocycles. The van der Waals surface area contributed by atoms with E-state index in [0.717, 1.165) is 48.9 Å². The van der Waals surface area contributed by atoms with Gasteiger partial charge in [0.25, 0.3) is 0 Å². The van der Waals surface area contributed by atoms with Crippen LogP contribution in [0.4, 0.5) is 4.39 Å². The zero-order valence-corrected chi connectivity index (χ0v) is 16.1. The third kappa shape index (κ3) is 4.44. The van der Waals surface area contributed by atoms with Gasteiger partial charge >= 0.3 is 0 Å². The first-order valence-corrected chi connectivity index (χ1v) is 10.1. The van der Waals surface area contributed by atoms with Gasteiger partial charge in [-0.3, -0.25) is 4.79 Å². The van der Waals surface area contributed by atoms with Gasteiger partial charge in [0.2, 0.25) is 5.91 Å². The smallest absolute Gasteiger partial charge is 0.222 e. The molecule has 1 aliphatic rings. The van der Waals surface area contributed by atoms with Gasteiger partial charge in [0.1, 0.15) is 5.82 Å². The van der Waals surface area contributed by atoms with Gasteiger partial charge < -0.3 is 9.47 Å². The van der Waals surface area contributed by atoms with Crippen molar-refractivity contribution < 1.29 is 9.18 Å². The maximum atomic E-state index is 13.1. The Morgan fingerprint density at radius 2 is 1.96 bits per heavy atom. The predicted molar refractivity (Wildman–Crippen MR) is 100 cm³/mol. The van der Waals surface area contributed by atoms with E-state index < -0.39 is 0 Å². The summed E-state index contributed by atoms with van der Waals surface area (Å²) >= 11 is 1.60. The topological polar surface area (TPSA) is 51.0 Å². The maximum Gasteiger partial charge on any atom is 0.222 e. The minimum Gasteiger partial charge on any atom is -0.335 e. The number of halogens is 1. The second kappa shape index (κ2) is 8.66. The van der Waals surface area contributed by atoms with Crippen LogP contribution < -0.4 is 0 Å². The van der Waals surface area contributed by atoms with Crippen LogP contribution in [0.5, 0.6) is 0 Å². The molecular formula is C19H25FN4OS. The van der Waals surface area contributed by atoms with E-state index in [2.05, 4.69) is 28.6 Å². The summed E-state index contributed by atoms with van der Waals surface area (Å²) in [4.78, 5) is 14.2. The maximum absolute atomic E-state index is 13.1. The molecule has 5 nitrogen and oxygen atoms in total. The SMILES string of the molecule is CCn1c(CN2CCCCCC2=O)nnc1S[C@H](C)c1ccc(F)cc1. The van der Waals surface area contributed by atoms with Crippen molar-refractivity contribution in [3.05, 3.63) is 41.5 Å². The summed E-state index contributed by atoms with van der Waals surface area (Å²) in [5.41, 5.74) is 1.05. The Bertz CT molecular complexity index is 746. The molecule has 2 heterocycles. The summed E-state index contributed by atoms with van der Waals surface area (Å²) in [6, 6.07) is 6.56. The minimum atomic E-state index is -0.230. The van der Waals surface area contributed by atoms with Crippen LogP contribution in [0, 0.1) is 5.82 Å². The number of aromatic nitrogens is 3. The van der Waals surface area contributed by atoms with Crippen LogP contribution in [-0.2, 0) is 17.9 Å². The number of carbonyl (C=O) groups excluding carboxylic acids is 1. The molecule has 1 aliphatic heterocycles. The fourth-order valence-electron chi connectivity index (χ4n) is 3.18. The Kier molecular flexibility index (Phi) is 6.29. The van der Waals surface area contributed by atoms with E-state index >= 15 is 0 Å². The number of carbonyl (C=O) groups is 1. The van der Waals surface area contributed by atoms with E-state index in [1.807, 2.05) is 4.90 Å². The molecular weight excluding hydrogens is 351 g/mol. The summed E-state index contributed by atoms with van der Waals surface area (Å²) in [5, 5.41) is 9.66. The van der Waals surface area contributed by atoms with Gasteiger partial charge in [-0.25, -0.2) is 4.39 Å². The van der Waals surface area contributed by atoms with Gasteiger partial charge in [-0.1, -0.05) is 30.3 Å². The summed E-state index contributed by atoms with van der Waals surface area (Å²) in [5.74, 6) is 0.811.